The summed E-state index contributed by atoms with van der Waals surface area (Å²) in [6.07, 6.45) is 11.7. The number of hydrogen-bond acceptors (Lipinski definition) is 4. The van der Waals surface area contributed by atoms with E-state index in [9.17, 15) is 0 Å². The zero-order valence-corrected chi connectivity index (χ0v) is 13.1. The lowest BCUT2D eigenvalue weighted by Gasteiger charge is -2.38. The minimum Gasteiger partial charge on any atom is -0.352 e. The Morgan fingerprint density at radius 3 is 2.64 bits per heavy atom. The second-order valence-electron chi connectivity index (χ2n) is 6.25. The van der Waals surface area contributed by atoms with E-state index in [-0.39, 0.29) is 0 Å². The van der Waals surface area contributed by atoms with Crippen LogP contribution in [0.1, 0.15) is 6.42 Å². The molecule has 1 aliphatic carbocycles. The highest BCUT2D eigenvalue weighted by Crippen LogP contribution is 2.35. The Bertz CT molecular complexity index is 655. The molecule has 0 aromatic heterocycles. The maximum atomic E-state index is 4.82. The lowest BCUT2D eigenvalue weighted by Crippen LogP contribution is -2.49. The first-order valence-corrected chi connectivity index (χ1v) is 8.01. The molecule has 4 rings (SSSR count). The van der Waals surface area contributed by atoms with E-state index in [1.54, 1.807) is 0 Å². The SMILES string of the molecule is C=C1C=CC=C1C1=CN=C(N2CCN(C)CC2)C2=CCCN12. The third kappa shape index (κ3) is 2.15. The first-order valence-electron chi connectivity index (χ1n) is 8.01. The van der Waals surface area contributed by atoms with Gasteiger partial charge in [-0.3, -0.25) is 0 Å². The van der Waals surface area contributed by atoms with Gasteiger partial charge in [-0.1, -0.05) is 30.9 Å². The Hall–Kier alpha value is -2.07. The molecule has 3 heterocycles. The van der Waals surface area contributed by atoms with Gasteiger partial charge in [-0.05, 0) is 19.0 Å². The summed E-state index contributed by atoms with van der Waals surface area (Å²) in [7, 11) is 2.18. The zero-order valence-electron chi connectivity index (χ0n) is 13.1. The monoisotopic (exact) mass is 294 g/mol. The zero-order chi connectivity index (χ0) is 15.1. The molecule has 0 N–H and O–H groups in total. The summed E-state index contributed by atoms with van der Waals surface area (Å²) in [5.41, 5.74) is 4.75. The number of rotatable bonds is 1. The number of piperazine rings is 1. The number of allylic oxidation sites excluding steroid dienone is 4. The molecule has 0 aromatic rings. The Kier molecular flexibility index (Phi) is 3.26. The van der Waals surface area contributed by atoms with E-state index in [4.69, 9.17) is 4.99 Å². The van der Waals surface area contributed by atoms with Crippen molar-refractivity contribution in [1.29, 1.82) is 0 Å². The van der Waals surface area contributed by atoms with Crippen LogP contribution in [0.5, 0.6) is 0 Å². The first-order chi connectivity index (χ1) is 10.7. The van der Waals surface area contributed by atoms with Gasteiger partial charge in [0, 0.05) is 38.3 Å². The summed E-state index contributed by atoms with van der Waals surface area (Å²) >= 11 is 0. The summed E-state index contributed by atoms with van der Waals surface area (Å²) in [5, 5.41) is 0. The van der Waals surface area contributed by atoms with Gasteiger partial charge >= 0.3 is 0 Å². The number of nitrogens with zero attached hydrogens (tertiary/aromatic N) is 4. The largest absolute Gasteiger partial charge is 0.352 e. The van der Waals surface area contributed by atoms with Crippen LogP contribution in [0.4, 0.5) is 0 Å². The lowest BCUT2D eigenvalue weighted by molar-refractivity contribution is 0.213. The molecule has 4 heteroatoms. The third-order valence-electron chi connectivity index (χ3n) is 4.80. The molecule has 0 radical (unpaired) electrons. The van der Waals surface area contributed by atoms with E-state index in [0.29, 0.717) is 0 Å². The standard InChI is InChI=1S/C18H22N4/c1-14-5-3-6-15(14)17-13-19-18(16-7-4-8-22(16)17)21-11-9-20(2)10-12-21/h3,5-7,13H,1,4,8-12H2,2H3. The topological polar surface area (TPSA) is 22.1 Å². The van der Waals surface area contributed by atoms with Gasteiger partial charge in [0.2, 0.25) is 0 Å². The van der Waals surface area contributed by atoms with E-state index < -0.39 is 0 Å². The normalized spacial score (nSPS) is 25.0. The van der Waals surface area contributed by atoms with E-state index >= 15 is 0 Å². The van der Waals surface area contributed by atoms with E-state index in [2.05, 4.69) is 52.6 Å². The van der Waals surface area contributed by atoms with Crippen molar-refractivity contribution < 1.29 is 0 Å². The number of likely N-dealkylation sites (N-methyl/N-ethyl adjacent to an activating group) is 1. The van der Waals surface area contributed by atoms with Crippen LogP contribution in [0, 0.1) is 0 Å². The van der Waals surface area contributed by atoms with Crippen LogP contribution in [0.25, 0.3) is 0 Å². The van der Waals surface area contributed by atoms with Crippen LogP contribution < -0.4 is 0 Å². The van der Waals surface area contributed by atoms with Crippen molar-refractivity contribution in [2.24, 2.45) is 4.99 Å². The number of hydrogen-bond donors (Lipinski definition) is 0. The van der Waals surface area contributed by atoms with Gasteiger partial charge in [0.25, 0.3) is 0 Å². The Morgan fingerprint density at radius 1 is 1.09 bits per heavy atom. The van der Waals surface area contributed by atoms with Crippen molar-refractivity contribution in [2.75, 3.05) is 39.8 Å². The van der Waals surface area contributed by atoms with Crippen LogP contribution in [-0.2, 0) is 0 Å². The maximum absolute atomic E-state index is 4.82. The van der Waals surface area contributed by atoms with E-state index in [0.717, 1.165) is 50.6 Å². The Balaban J connectivity index is 1.65. The minimum atomic E-state index is 1.04. The van der Waals surface area contributed by atoms with Crippen LogP contribution in [0.15, 0.2) is 64.6 Å². The van der Waals surface area contributed by atoms with E-state index in [1.807, 2.05) is 6.20 Å². The molecule has 0 unspecified atom stereocenters. The highest BCUT2D eigenvalue weighted by Gasteiger charge is 2.32. The quantitative estimate of drug-likeness (QED) is 0.739. The van der Waals surface area contributed by atoms with Crippen molar-refractivity contribution in [3.8, 4) is 0 Å². The van der Waals surface area contributed by atoms with Crippen molar-refractivity contribution >= 4 is 5.84 Å². The molecule has 1 fully saturated rings. The Morgan fingerprint density at radius 2 is 1.91 bits per heavy atom. The van der Waals surface area contributed by atoms with Gasteiger partial charge in [0.05, 0.1) is 17.6 Å². The van der Waals surface area contributed by atoms with Gasteiger partial charge in [-0.2, -0.15) is 0 Å². The summed E-state index contributed by atoms with van der Waals surface area (Å²) in [6, 6.07) is 0. The molecule has 4 nitrogen and oxygen atoms in total. The predicted molar refractivity (Wildman–Crippen MR) is 90.4 cm³/mol. The molecule has 0 atom stereocenters. The molecular formula is C18H22N4. The molecule has 1 saturated heterocycles. The highest BCUT2D eigenvalue weighted by atomic mass is 15.3. The first kappa shape index (κ1) is 13.6. The molecule has 0 aromatic carbocycles. The van der Waals surface area contributed by atoms with Gasteiger partial charge in [0.1, 0.15) is 0 Å². The number of aliphatic imine (C=N–C) groups is 1. The van der Waals surface area contributed by atoms with Gasteiger partial charge in [0.15, 0.2) is 5.84 Å². The van der Waals surface area contributed by atoms with Crippen LogP contribution in [-0.4, -0.2) is 60.3 Å². The summed E-state index contributed by atoms with van der Waals surface area (Å²) < 4.78 is 0. The van der Waals surface area contributed by atoms with Crippen molar-refractivity contribution in [3.63, 3.8) is 0 Å². The number of amidine groups is 1. The van der Waals surface area contributed by atoms with Crippen molar-refractivity contribution in [2.45, 2.75) is 6.42 Å². The van der Waals surface area contributed by atoms with Crippen LogP contribution in [0.2, 0.25) is 0 Å². The molecule has 0 saturated carbocycles. The summed E-state index contributed by atoms with van der Waals surface area (Å²) in [4.78, 5) is 12.0. The molecule has 0 amide bonds. The van der Waals surface area contributed by atoms with E-state index in [1.165, 1.54) is 17.0 Å². The Labute approximate surface area is 132 Å². The molecule has 4 aliphatic rings. The van der Waals surface area contributed by atoms with Gasteiger partial charge in [-0.15, -0.1) is 0 Å². The molecular weight excluding hydrogens is 272 g/mol. The fourth-order valence-electron chi connectivity index (χ4n) is 3.47. The van der Waals surface area contributed by atoms with Gasteiger partial charge < -0.3 is 14.7 Å². The summed E-state index contributed by atoms with van der Waals surface area (Å²) in [6.45, 7) is 9.50. The smallest absolute Gasteiger partial charge is 0.152 e. The molecule has 0 bridgehead atoms. The lowest BCUT2D eigenvalue weighted by atomic mass is 10.1. The van der Waals surface area contributed by atoms with Crippen LogP contribution in [0.3, 0.4) is 0 Å². The molecule has 0 spiro atoms. The van der Waals surface area contributed by atoms with Crippen molar-refractivity contribution in [1.82, 2.24) is 14.7 Å². The molecule has 3 aliphatic heterocycles. The maximum Gasteiger partial charge on any atom is 0.152 e. The predicted octanol–water partition coefficient (Wildman–Crippen LogP) is 2.13. The fourth-order valence-corrected chi connectivity index (χ4v) is 3.47. The molecule has 22 heavy (non-hydrogen) atoms. The fraction of sp³-hybridized carbons (Fsp3) is 0.389. The second-order valence-corrected chi connectivity index (χ2v) is 6.25. The molecule has 114 valence electrons. The third-order valence-corrected chi connectivity index (χ3v) is 4.80. The minimum absolute atomic E-state index is 1.04. The number of fused-ring (bicyclic) bond motifs is 1. The van der Waals surface area contributed by atoms with Crippen molar-refractivity contribution in [3.05, 3.63) is 59.6 Å². The summed E-state index contributed by atoms with van der Waals surface area (Å²) in [5.74, 6) is 1.14. The average molecular weight is 294 g/mol. The highest BCUT2D eigenvalue weighted by molar-refractivity contribution is 6.00. The van der Waals surface area contributed by atoms with Gasteiger partial charge in [-0.25, -0.2) is 4.99 Å². The van der Waals surface area contributed by atoms with Crippen LogP contribution >= 0.6 is 0 Å². The average Bonchev–Trinajstić information content (AvgIpc) is 3.16. The second kappa shape index (κ2) is 5.29.